The number of aromatic nitrogens is 7. The first-order valence-corrected chi connectivity index (χ1v) is 8.58. The molecule has 0 saturated carbocycles. The molecule has 0 amide bonds. The molecule has 0 N–H and O–H groups in total. The smallest absolute Gasteiger partial charge is 0.204 e. The van der Waals surface area contributed by atoms with Crippen LogP contribution in [0.15, 0.2) is 41.6 Å². The minimum atomic E-state index is -3.60. The van der Waals surface area contributed by atoms with Gasteiger partial charge in [0.2, 0.25) is 9.84 Å². The Bertz CT molecular complexity index is 886. The van der Waals surface area contributed by atoms with Gasteiger partial charge in [-0.1, -0.05) is 35.5 Å². The third-order valence-corrected chi connectivity index (χ3v) is 5.02. The van der Waals surface area contributed by atoms with Gasteiger partial charge in [-0.15, -0.1) is 10.2 Å². The van der Waals surface area contributed by atoms with Crippen LogP contribution in [0.2, 0.25) is 0 Å². The normalized spacial score (nSPS) is 11.7. The summed E-state index contributed by atoms with van der Waals surface area (Å²) < 4.78 is 27.5. The molecule has 0 aliphatic carbocycles. The van der Waals surface area contributed by atoms with Crippen LogP contribution in [0.25, 0.3) is 0 Å². The number of tetrazole rings is 1. The van der Waals surface area contributed by atoms with Crippen LogP contribution in [0.1, 0.15) is 11.4 Å². The molecule has 0 aliphatic rings. The quantitative estimate of drug-likeness (QED) is 0.625. The highest BCUT2D eigenvalue weighted by molar-refractivity contribution is 7.90. The van der Waals surface area contributed by atoms with Gasteiger partial charge < -0.3 is 0 Å². The van der Waals surface area contributed by atoms with Crippen LogP contribution in [-0.4, -0.2) is 43.6 Å². The van der Waals surface area contributed by atoms with Gasteiger partial charge in [-0.3, -0.25) is 0 Å². The van der Waals surface area contributed by atoms with E-state index < -0.39 is 9.84 Å². The van der Waals surface area contributed by atoms with Crippen molar-refractivity contribution in [2.45, 2.75) is 23.7 Å². The topological polar surface area (TPSA) is 108 Å². The molecule has 9 nitrogen and oxygen atoms in total. The van der Waals surface area contributed by atoms with Crippen molar-refractivity contribution in [1.82, 2.24) is 35.2 Å². The maximum atomic E-state index is 12.4. The first-order chi connectivity index (χ1) is 11.1. The maximum absolute atomic E-state index is 12.4. The molecule has 2 heterocycles. The predicted molar refractivity (Wildman–Crippen MR) is 79.9 cm³/mol. The molecule has 0 aliphatic heterocycles. The van der Waals surface area contributed by atoms with E-state index in [2.05, 4.69) is 25.8 Å². The number of hydrogen-bond donors (Lipinski definition) is 0. The molecule has 2 aromatic heterocycles. The van der Waals surface area contributed by atoms with Crippen molar-refractivity contribution >= 4 is 9.84 Å². The first-order valence-electron chi connectivity index (χ1n) is 6.93. The fraction of sp³-hybridized carbons (Fsp3) is 0.308. The average molecular weight is 333 g/mol. The lowest BCUT2D eigenvalue weighted by Gasteiger charge is -2.06. The standard InChI is InChI=1S/C13H15N7O2S/c1-19-13(9-14-17-19)23(21,22)10-12-15-16-18-20(12)8-7-11-5-3-2-4-6-11/h2-6,9H,7-8,10H2,1H3. The SMILES string of the molecule is Cn1nncc1S(=O)(=O)Cc1nnnn1CCc1ccccc1. The van der Waals surface area contributed by atoms with Crippen LogP contribution < -0.4 is 0 Å². The lowest BCUT2D eigenvalue weighted by atomic mass is 10.1. The van der Waals surface area contributed by atoms with E-state index >= 15 is 0 Å². The van der Waals surface area contributed by atoms with E-state index in [1.165, 1.54) is 22.6 Å². The van der Waals surface area contributed by atoms with Crippen LogP contribution in [0.4, 0.5) is 0 Å². The molecule has 10 heteroatoms. The summed E-state index contributed by atoms with van der Waals surface area (Å²) in [7, 11) is -2.08. The second kappa shape index (κ2) is 6.24. The fourth-order valence-corrected chi connectivity index (χ4v) is 3.53. The number of benzene rings is 1. The largest absolute Gasteiger partial charge is 0.237 e. The highest BCUT2D eigenvalue weighted by Gasteiger charge is 2.23. The van der Waals surface area contributed by atoms with E-state index in [-0.39, 0.29) is 10.8 Å². The van der Waals surface area contributed by atoms with Crippen LogP contribution in [0.5, 0.6) is 0 Å². The van der Waals surface area contributed by atoms with Crippen molar-refractivity contribution in [1.29, 1.82) is 0 Å². The second-order valence-corrected chi connectivity index (χ2v) is 6.95. The molecule has 0 fully saturated rings. The van der Waals surface area contributed by atoms with Gasteiger partial charge in [-0.25, -0.2) is 17.8 Å². The predicted octanol–water partition coefficient (Wildman–Crippen LogP) is 0.0182. The van der Waals surface area contributed by atoms with Gasteiger partial charge in [-0.2, -0.15) is 0 Å². The van der Waals surface area contributed by atoms with Gasteiger partial charge in [0.25, 0.3) is 0 Å². The van der Waals surface area contributed by atoms with Crippen LogP contribution in [0.3, 0.4) is 0 Å². The van der Waals surface area contributed by atoms with E-state index in [4.69, 9.17) is 0 Å². The van der Waals surface area contributed by atoms with Crippen LogP contribution in [0, 0.1) is 0 Å². The highest BCUT2D eigenvalue weighted by atomic mass is 32.2. The molecule has 0 unspecified atom stereocenters. The molecule has 1 aromatic carbocycles. The van der Waals surface area contributed by atoms with E-state index in [0.29, 0.717) is 18.8 Å². The Hall–Kier alpha value is -2.62. The Morgan fingerprint density at radius 2 is 1.91 bits per heavy atom. The van der Waals surface area contributed by atoms with E-state index in [1.54, 1.807) is 0 Å². The molecule has 0 atom stereocenters. The first kappa shape index (κ1) is 15.3. The molecule has 23 heavy (non-hydrogen) atoms. The molecule has 0 spiro atoms. The molecule has 0 bridgehead atoms. The summed E-state index contributed by atoms with van der Waals surface area (Å²) in [4.78, 5) is 0. The third-order valence-electron chi connectivity index (χ3n) is 3.37. The Morgan fingerprint density at radius 1 is 1.13 bits per heavy atom. The van der Waals surface area contributed by atoms with Crippen molar-refractivity contribution < 1.29 is 8.42 Å². The second-order valence-electron chi connectivity index (χ2n) is 5.01. The number of hydrogen-bond acceptors (Lipinski definition) is 7. The summed E-state index contributed by atoms with van der Waals surface area (Å²) in [5, 5.41) is 18.5. The Labute approximate surface area is 132 Å². The van der Waals surface area contributed by atoms with Gasteiger partial charge in [0.05, 0.1) is 6.20 Å². The van der Waals surface area contributed by atoms with Crippen molar-refractivity contribution in [3.05, 3.63) is 47.9 Å². The Kier molecular flexibility index (Phi) is 4.15. The summed E-state index contributed by atoms with van der Waals surface area (Å²) in [5.41, 5.74) is 1.13. The van der Waals surface area contributed by atoms with Crippen LogP contribution >= 0.6 is 0 Å². The van der Waals surface area contributed by atoms with Crippen molar-refractivity contribution in [2.24, 2.45) is 7.05 Å². The fourth-order valence-electron chi connectivity index (χ4n) is 2.19. The minimum absolute atomic E-state index is 0.0371. The zero-order valence-corrected chi connectivity index (χ0v) is 13.3. The highest BCUT2D eigenvalue weighted by Crippen LogP contribution is 2.13. The molecule has 3 aromatic rings. The summed E-state index contributed by atoms with van der Waals surface area (Å²) in [6.07, 6.45) is 1.93. The van der Waals surface area contributed by atoms with E-state index in [1.807, 2.05) is 30.3 Å². The maximum Gasteiger partial charge on any atom is 0.204 e. The molecular formula is C13H15N7O2S. The lowest BCUT2D eigenvalue weighted by molar-refractivity contribution is 0.555. The Balaban J connectivity index is 1.75. The monoisotopic (exact) mass is 333 g/mol. The number of rotatable bonds is 6. The van der Waals surface area contributed by atoms with Crippen molar-refractivity contribution in [3.8, 4) is 0 Å². The van der Waals surface area contributed by atoms with Crippen molar-refractivity contribution in [2.75, 3.05) is 0 Å². The average Bonchev–Trinajstić information content (AvgIpc) is 3.15. The molecule has 3 rings (SSSR count). The third kappa shape index (κ3) is 3.42. The molecule has 120 valence electrons. The molecular weight excluding hydrogens is 318 g/mol. The summed E-state index contributed by atoms with van der Waals surface area (Å²) >= 11 is 0. The van der Waals surface area contributed by atoms with Gasteiger partial charge in [0, 0.05) is 13.6 Å². The number of nitrogens with zero attached hydrogens (tertiary/aromatic N) is 7. The van der Waals surface area contributed by atoms with Gasteiger partial charge in [0.15, 0.2) is 10.9 Å². The minimum Gasteiger partial charge on any atom is -0.237 e. The van der Waals surface area contributed by atoms with Gasteiger partial charge in [-0.05, 0) is 22.4 Å². The Morgan fingerprint density at radius 3 is 2.61 bits per heavy atom. The molecule has 0 radical (unpaired) electrons. The number of aryl methyl sites for hydroxylation is 3. The summed E-state index contributed by atoms with van der Waals surface area (Å²) in [5.74, 6) is -0.00199. The summed E-state index contributed by atoms with van der Waals surface area (Å²) in [6.45, 7) is 0.505. The zero-order valence-electron chi connectivity index (χ0n) is 12.4. The van der Waals surface area contributed by atoms with Crippen LogP contribution in [-0.2, 0) is 35.6 Å². The molecule has 0 saturated heterocycles. The van der Waals surface area contributed by atoms with E-state index in [9.17, 15) is 8.42 Å². The van der Waals surface area contributed by atoms with Gasteiger partial charge >= 0.3 is 0 Å². The zero-order chi connectivity index (χ0) is 16.3. The van der Waals surface area contributed by atoms with Gasteiger partial charge in [0.1, 0.15) is 5.75 Å². The lowest BCUT2D eigenvalue weighted by Crippen LogP contribution is -2.15. The van der Waals surface area contributed by atoms with Crippen molar-refractivity contribution in [3.63, 3.8) is 0 Å². The van der Waals surface area contributed by atoms with E-state index in [0.717, 1.165) is 5.56 Å². The summed E-state index contributed by atoms with van der Waals surface area (Å²) in [6, 6.07) is 9.86. The number of sulfone groups is 1.